The first-order valence-corrected chi connectivity index (χ1v) is 10.1. The first-order chi connectivity index (χ1) is 13.7. The average Bonchev–Trinajstić information content (AvgIpc) is 2.71. The zero-order valence-corrected chi connectivity index (χ0v) is 42.7. The Kier molecular flexibility index (Phi) is 331. The summed E-state index contributed by atoms with van der Waals surface area (Å²) in [6.45, 7) is 12.5. The molecule has 22 N–H and O–H groups in total. The molecular weight excluding hydrogens is 1430 g/mol. The predicted octanol–water partition coefficient (Wildman–Crippen LogP) is -9.43. The predicted molar refractivity (Wildman–Crippen MR) is 174 cm³/mol. The fourth-order valence-corrected chi connectivity index (χ4v) is 1.32. The third-order valence-electron chi connectivity index (χ3n) is 2.57. The van der Waals surface area contributed by atoms with E-state index in [1.165, 1.54) is 0 Å². The van der Waals surface area contributed by atoms with E-state index < -0.39 is 0 Å². The van der Waals surface area contributed by atoms with Crippen molar-refractivity contribution in [2.75, 3.05) is 105 Å². The van der Waals surface area contributed by atoms with E-state index in [1.54, 1.807) is 0 Å². The first-order valence-electron chi connectivity index (χ1n) is 10.1. The summed E-state index contributed by atoms with van der Waals surface area (Å²) in [5.41, 5.74) is 41.3. The van der Waals surface area contributed by atoms with Crippen LogP contribution in [0.1, 0.15) is 0 Å². The molecule has 0 spiro atoms. The second kappa shape index (κ2) is 128. The van der Waals surface area contributed by atoms with E-state index in [9.17, 15) is 0 Å². The second-order valence-electron chi connectivity index (χ2n) is 5.31. The van der Waals surface area contributed by atoms with Gasteiger partial charge in [0, 0.05) is 105 Å². The summed E-state index contributed by atoms with van der Waals surface area (Å²) in [4.78, 5) is 0. The molecule has 0 aromatic heterocycles. The van der Waals surface area contributed by atoms with Crippen LogP contribution in [0.5, 0.6) is 0 Å². The monoisotopic (exact) mass is 1500 g/mol. The maximum atomic E-state index is 5.17. The molecule has 0 radical (unpaired) electrons. The minimum Gasteiger partial charge on any atom is -2.00 e. The minimum absolute atomic E-state index is 0. The fraction of sp³-hybridized carbons (Fsp3) is 1.00. The Morgan fingerprint density at radius 2 is 0.350 bits per heavy atom. The zero-order valence-electron chi connectivity index (χ0n) is 22.9. The molecule has 0 heterocycles. The number of hydrogen-bond donors (Lipinski definition) is 12. The standard InChI is InChI=1S/4C4H13N3.2Ho.2H2O.6Se.2Sn/c4*5-1-3-7-4-2-6;;;;;;;;;;;;/h4*7H,1-6H2;;;2*1H2;;;;;;;;/q;;;;2*+3;;;6*-2;2*+4/p-2. The summed E-state index contributed by atoms with van der Waals surface area (Å²) in [7, 11) is 0. The molecule has 0 saturated heterocycles. The van der Waals surface area contributed by atoms with Crippen LogP contribution >= 0.6 is 0 Å². The van der Waals surface area contributed by atoms with Gasteiger partial charge in [-0.1, -0.05) is 0 Å². The van der Waals surface area contributed by atoms with E-state index in [1.807, 2.05) is 0 Å². The summed E-state index contributed by atoms with van der Waals surface area (Å²) in [6, 6.07) is 0. The Morgan fingerprint density at radius 1 is 0.275 bits per heavy atom. The van der Waals surface area contributed by atoms with E-state index in [-0.39, 0.29) is 237 Å². The normalized spacial score (nSPS) is 6.60. The van der Waals surface area contributed by atoms with Gasteiger partial charge in [0.25, 0.3) is 0 Å². The number of nitrogens with two attached hydrogens (primary N) is 8. The van der Waals surface area contributed by atoms with Crippen LogP contribution in [-0.2, 0) is 0 Å². The van der Waals surface area contributed by atoms with Crippen LogP contribution in [-0.4, -0.2) is 266 Å². The molecule has 40 heavy (non-hydrogen) atoms. The van der Waals surface area contributed by atoms with Crippen LogP contribution < -0.4 is 67.1 Å². The van der Waals surface area contributed by atoms with Gasteiger partial charge in [0.05, 0.1) is 0 Å². The Labute approximate surface area is 401 Å². The molecule has 0 amide bonds. The van der Waals surface area contributed by atoms with Crippen molar-refractivity contribution in [1.82, 2.24) is 21.3 Å². The molecule has 0 fully saturated rings. The molecule has 0 aromatic carbocycles. The topological polar surface area (TPSA) is 316 Å². The molecule has 0 aliphatic rings. The smallest absolute Gasteiger partial charge is 2.00 e. The van der Waals surface area contributed by atoms with E-state index in [2.05, 4.69) is 21.3 Å². The van der Waals surface area contributed by atoms with Gasteiger partial charge in [0.15, 0.2) is 0 Å². The van der Waals surface area contributed by atoms with Gasteiger partial charge in [0.2, 0.25) is 0 Å². The molecule has 0 unspecified atom stereocenters. The average molecular weight is 1490 g/mol. The Hall–Kier alpha value is 6.67. The molecule has 0 rings (SSSR count). The summed E-state index contributed by atoms with van der Waals surface area (Å²) in [5.74, 6) is 0. The van der Waals surface area contributed by atoms with Crippen LogP contribution in [0.25, 0.3) is 0 Å². The van der Waals surface area contributed by atoms with Crippen LogP contribution in [0.15, 0.2) is 0 Å². The van der Waals surface area contributed by atoms with Crippen LogP contribution in [0, 0.1) is 75.5 Å². The zero-order chi connectivity index (χ0) is 22.1. The van der Waals surface area contributed by atoms with E-state index in [0.29, 0.717) is 52.4 Å². The molecule has 0 aliphatic carbocycles. The van der Waals surface area contributed by atoms with E-state index in [4.69, 9.17) is 45.9 Å². The van der Waals surface area contributed by atoms with Crippen molar-refractivity contribution in [1.29, 1.82) is 0 Å². The summed E-state index contributed by atoms with van der Waals surface area (Å²) in [5, 5.41) is 12.1. The summed E-state index contributed by atoms with van der Waals surface area (Å²) < 4.78 is 0. The molecule has 0 saturated carbocycles. The quantitative estimate of drug-likeness (QED) is 0.0505. The molecule has 0 aromatic rings. The van der Waals surface area contributed by atoms with Crippen molar-refractivity contribution in [3.63, 3.8) is 0 Å². The summed E-state index contributed by atoms with van der Waals surface area (Å²) >= 11 is 0. The van der Waals surface area contributed by atoms with Crippen molar-refractivity contribution in [2.24, 2.45) is 45.9 Å². The van der Waals surface area contributed by atoms with E-state index in [0.717, 1.165) is 52.4 Å². The largest absolute Gasteiger partial charge is 4.00 e. The number of hydrogen-bond acceptors (Lipinski definition) is 14. The SMILES string of the molecule is NCCNCCN.NCCNCCN.NCCNCCN.NCCNCCN.[Ho+3].[Ho+3].[OH-].[OH-].[Se-2].[Se-2].[Se-2].[Se-2].[Se-2].[Se-2].[Sn+4].[Sn+4]. The van der Waals surface area contributed by atoms with Crippen molar-refractivity contribution in [2.45, 2.75) is 0 Å². The van der Waals surface area contributed by atoms with Crippen molar-refractivity contribution < 1.29 is 86.4 Å². The van der Waals surface area contributed by atoms with Gasteiger partial charge in [-0.2, -0.15) is 0 Å². The second-order valence-corrected chi connectivity index (χ2v) is 5.31. The Bertz CT molecular complexity index is 201. The number of nitrogens with one attached hydrogen (secondary N) is 4. The van der Waals surface area contributed by atoms with Crippen molar-refractivity contribution in [3.8, 4) is 0 Å². The first kappa shape index (κ1) is 103. The minimum atomic E-state index is 0. The van der Waals surface area contributed by atoms with Crippen LogP contribution in [0.2, 0.25) is 0 Å². The fourth-order valence-electron chi connectivity index (χ4n) is 1.32. The van der Waals surface area contributed by atoms with Gasteiger partial charge in [-0.05, 0) is 0 Å². The van der Waals surface area contributed by atoms with Gasteiger partial charge in [-0.3, -0.25) is 0 Å². The third-order valence-corrected chi connectivity index (χ3v) is 2.57. The van der Waals surface area contributed by atoms with Gasteiger partial charge in [-0.15, -0.1) is 0 Å². The molecule has 0 aliphatic heterocycles. The molecule has 0 atom stereocenters. The maximum Gasteiger partial charge on any atom is 4.00 e. The van der Waals surface area contributed by atoms with Crippen LogP contribution in [0.4, 0.5) is 0 Å². The molecule has 24 heteroatoms. The van der Waals surface area contributed by atoms with Crippen LogP contribution in [0.3, 0.4) is 0 Å². The van der Waals surface area contributed by atoms with Gasteiger partial charge >= 0.3 is 123 Å². The van der Waals surface area contributed by atoms with Crippen molar-refractivity contribution in [3.05, 3.63) is 0 Å². The Balaban J connectivity index is -0.0000000125. The van der Waals surface area contributed by atoms with Crippen molar-refractivity contribution >= 4 is 150 Å². The molecule has 0 bridgehead atoms. The number of rotatable bonds is 16. The van der Waals surface area contributed by atoms with Gasteiger partial charge < -0.3 is 181 Å². The molecular formula is C16H54Ho2N12O2Se6Sn2. The molecule has 14 nitrogen and oxygen atoms in total. The Morgan fingerprint density at radius 3 is 0.400 bits per heavy atom. The third kappa shape index (κ3) is 166. The maximum absolute atomic E-state index is 5.17. The summed E-state index contributed by atoms with van der Waals surface area (Å²) in [6.07, 6.45) is 0. The van der Waals surface area contributed by atoms with Gasteiger partial charge in [0.1, 0.15) is 0 Å². The van der Waals surface area contributed by atoms with E-state index >= 15 is 0 Å². The van der Waals surface area contributed by atoms with Gasteiger partial charge in [-0.25, -0.2) is 0 Å². The molecule has 256 valence electrons.